The van der Waals surface area contributed by atoms with Gasteiger partial charge in [0.1, 0.15) is 6.61 Å². The van der Waals surface area contributed by atoms with E-state index < -0.39 is 11.6 Å². The molecule has 1 aromatic heterocycles. The number of cyclic esters (lactones) is 1. The van der Waals surface area contributed by atoms with Gasteiger partial charge in [-0.1, -0.05) is 56.0 Å². The number of aromatic nitrogens is 1. The number of carboxylic acid groups (broad SMARTS) is 1. The normalized spacial score (nSPS) is 22.4. The summed E-state index contributed by atoms with van der Waals surface area (Å²) in [5.41, 5.74) is -0.681. The lowest BCUT2D eigenvalue weighted by molar-refractivity contribution is 0.0303. The maximum absolute atomic E-state index is 12.1. The quantitative estimate of drug-likeness (QED) is 0.399. The SMILES string of the molecule is CC(O)(CC=CC1COC(=O)N1CCSc1nc(C(=O)O)cs1)CC1CCCCC1. The van der Waals surface area contributed by atoms with Crippen molar-refractivity contribution in [2.75, 3.05) is 18.9 Å². The molecule has 2 unspecified atom stereocenters. The Labute approximate surface area is 185 Å². The van der Waals surface area contributed by atoms with E-state index in [1.807, 2.05) is 19.1 Å². The number of ether oxygens (including phenoxy) is 1. The molecule has 1 saturated heterocycles. The number of nitrogens with zero attached hydrogens (tertiary/aromatic N) is 2. The van der Waals surface area contributed by atoms with Crippen LogP contribution in [0.5, 0.6) is 0 Å². The molecule has 166 valence electrons. The number of carboxylic acids is 1. The highest BCUT2D eigenvalue weighted by atomic mass is 32.2. The third-order valence-electron chi connectivity index (χ3n) is 5.64. The van der Waals surface area contributed by atoms with Gasteiger partial charge in [-0.05, 0) is 25.7 Å². The summed E-state index contributed by atoms with van der Waals surface area (Å²) in [5, 5.41) is 21.2. The number of thioether (sulfide) groups is 1. The molecule has 1 aliphatic carbocycles. The van der Waals surface area contributed by atoms with Crippen molar-refractivity contribution >= 4 is 35.2 Å². The lowest BCUT2D eigenvalue weighted by Gasteiger charge is -2.30. The molecule has 0 radical (unpaired) electrons. The largest absolute Gasteiger partial charge is 0.476 e. The summed E-state index contributed by atoms with van der Waals surface area (Å²) >= 11 is 2.71. The van der Waals surface area contributed by atoms with Gasteiger partial charge < -0.3 is 14.9 Å². The van der Waals surface area contributed by atoms with Gasteiger partial charge in [-0.2, -0.15) is 0 Å². The van der Waals surface area contributed by atoms with Crippen LogP contribution in [0.1, 0.15) is 62.4 Å². The minimum absolute atomic E-state index is 0.0455. The number of carbonyl (C=O) groups is 2. The van der Waals surface area contributed by atoms with Gasteiger partial charge in [0, 0.05) is 17.7 Å². The Morgan fingerprint density at radius 3 is 2.90 bits per heavy atom. The first-order chi connectivity index (χ1) is 14.3. The van der Waals surface area contributed by atoms with Crippen LogP contribution in [0.4, 0.5) is 4.79 Å². The van der Waals surface area contributed by atoms with Crippen LogP contribution in [0.2, 0.25) is 0 Å². The summed E-state index contributed by atoms with van der Waals surface area (Å²) in [7, 11) is 0. The Morgan fingerprint density at radius 1 is 1.43 bits per heavy atom. The summed E-state index contributed by atoms with van der Waals surface area (Å²) in [5.74, 6) is 0.177. The molecule has 7 nitrogen and oxygen atoms in total. The Morgan fingerprint density at radius 2 is 2.20 bits per heavy atom. The fraction of sp³-hybridized carbons (Fsp3) is 0.667. The lowest BCUT2D eigenvalue weighted by Crippen LogP contribution is -2.34. The van der Waals surface area contributed by atoms with E-state index in [2.05, 4.69) is 4.98 Å². The maximum atomic E-state index is 12.1. The summed E-state index contributed by atoms with van der Waals surface area (Å²) in [6.07, 6.45) is 11.2. The van der Waals surface area contributed by atoms with Gasteiger partial charge in [0.2, 0.25) is 0 Å². The second-order valence-corrected chi connectivity index (χ2v) is 10.5. The number of aromatic carboxylic acids is 1. The van der Waals surface area contributed by atoms with Gasteiger partial charge in [-0.3, -0.25) is 4.90 Å². The van der Waals surface area contributed by atoms with Crippen LogP contribution in [0.3, 0.4) is 0 Å². The second-order valence-electron chi connectivity index (χ2n) is 8.33. The van der Waals surface area contributed by atoms with Crippen LogP contribution in [0, 0.1) is 5.92 Å². The molecule has 1 saturated carbocycles. The van der Waals surface area contributed by atoms with Crippen molar-refractivity contribution in [3.8, 4) is 0 Å². The van der Waals surface area contributed by atoms with E-state index in [0.717, 1.165) is 6.42 Å². The smallest absolute Gasteiger partial charge is 0.410 e. The second kappa shape index (κ2) is 10.6. The van der Waals surface area contributed by atoms with E-state index in [4.69, 9.17) is 9.84 Å². The molecular weight excluding hydrogens is 424 g/mol. The van der Waals surface area contributed by atoms with Crippen molar-refractivity contribution in [1.82, 2.24) is 9.88 Å². The summed E-state index contributed by atoms with van der Waals surface area (Å²) < 4.78 is 5.87. The highest BCUT2D eigenvalue weighted by Crippen LogP contribution is 2.32. The van der Waals surface area contributed by atoms with Crippen LogP contribution in [-0.2, 0) is 4.74 Å². The molecule has 1 aromatic rings. The number of hydrogen-bond donors (Lipinski definition) is 2. The molecule has 2 N–H and O–H groups in total. The minimum atomic E-state index is -1.04. The van der Waals surface area contributed by atoms with Gasteiger partial charge in [-0.15, -0.1) is 11.3 Å². The minimum Gasteiger partial charge on any atom is -0.476 e. The standard InChI is InChI=1S/C21H30N2O5S2/c1-21(27,12-15-6-3-2-4-7-15)9-5-8-16-13-28-20(26)23(16)10-11-29-19-22-17(14-30-19)18(24)25/h5,8,14-16,27H,2-4,6-7,9-13H2,1H3,(H,24,25). The monoisotopic (exact) mass is 454 g/mol. The molecule has 9 heteroatoms. The van der Waals surface area contributed by atoms with E-state index in [1.54, 1.807) is 4.90 Å². The van der Waals surface area contributed by atoms with E-state index in [-0.39, 0.29) is 17.8 Å². The predicted molar refractivity (Wildman–Crippen MR) is 117 cm³/mol. The maximum Gasteiger partial charge on any atom is 0.410 e. The summed E-state index contributed by atoms with van der Waals surface area (Å²) in [6, 6.07) is -0.144. The molecule has 0 bridgehead atoms. The number of amides is 1. The number of rotatable bonds is 10. The van der Waals surface area contributed by atoms with E-state index in [0.29, 0.717) is 35.6 Å². The highest BCUT2D eigenvalue weighted by molar-refractivity contribution is 8.01. The van der Waals surface area contributed by atoms with Crippen LogP contribution in [0.15, 0.2) is 21.9 Å². The topological polar surface area (TPSA) is 100.0 Å². The molecule has 1 aliphatic heterocycles. The average molecular weight is 455 g/mol. The van der Waals surface area contributed by atoms with Crippen molar-refractivity contribution < 1.29 is 24.5 Å². The van der Waals surface area contributed by atoms with E-state index in [1.165, 1.54) is 60.6 Å². The molecular formula is C21H30N2O5S2. The third kappa shape index (κ3) is 6.72. The van der Waals surface area contributed by atoms with E-state index >= 15 is 0 Å². The van der Waals surface area contributed by atoms with Crippen molar-refractivity contribution in [3.63, 3.8) is 0 Å². The predicted octanol–water partition coefficient (Wildman–Crippen LogP) is 4.42. The van der Waals surface area contributed by atoms with Crippen molar-refractivity contribution in [2.45, 2.75) is 67.9 Å². The molecule has 1 amide bonds. The van der Waals surface area contributed by atoms with Gasteiger partial charge in [0.05, 0.1) is 11.6 Å². The molecule has 0 spiro atoms. The van der Waals surface area contributed by atoms with Gasteiger partial charge >= 0.3 is 12.1 Å². The molecule has 2 heterocycles. The number of carbonyl (C=O) groups excluding carboxylic acids is 1. The van der Waals surface area contributed by atoms with Crippen LogP contribution in [-0.4, -0.2) is 62.7 Å². The van der Waals surface area contributed by atoms with Gasteiger partial charge in [-0.25, -0.2) is 14.6 Å². The number of aliphatic hydroxyl groups is 1. The van der Waals surface area contributed by atoms with Crippen LogP contribution < -0.4 is 0 Å². The van der Waals surface area contributed by atoms with Crippen LogP contribution >= 0.6 is 23.1 Å². The van der Waals surface area contributed by atoms with Gasteiger partial charge in [0.25, 0.3) is 0 Å². The fourth-order valence-electron chi connectivity index (χ4n) is 4.11. The van der Waals surface area contributed by atoms with Crippen molar-refractivity contribution in [3.05, 3.63) is 23.2 Å². The van der Waals surface area contributed by atoms with Gasteiger partial charge in [0.15, 0.2) is 10.0 Å². The van der Waals surface area contributed by atoms with Crippen LogP contribution in [0.25, 0.3) is 0 Å². The zero-order valence-electron chi connectivity index (χ0n) is 17.3. The molecule has 2 aliphatic rings. The molecule has 0 aromatic carbocycles. The number of thiazole rings is 1. The van der Waals surface area contributed by atoms with Crippen molar-refractivity contribution in [2.24, 2.45) is 5.92 Å². The third-order valence-corrected chi connectivity index (χ3v) is 7.64. The molecule has 2 atom stereocenters. The Kier molecular flexibility index (Phi) is 8.19. The first kappa shape index (κ1) is 23.1. The molecule has 30 heavy (non-hydrogen) atoms. The zero-order chi connectivity index (χ0) is 21.6. The van der Waals surface area contributed by atoms with Crippen molar-refractivity contribution in [1.29, 1.82) is 0 Å². The Balaban J connectivity index is 1.45. The zero-order valence-corrected chi connectivity index (χ0v) is 18.9. The summed E-state index contributed by atoms with van der Waals surface area (Å²) in [6.45, 7) is 2.69. The lowest BCUT2D eigenvalue weighted by atomic mass is 9.80. The highest BCUT2D eigenvalue weighted by Gasteiger charge is 2.31. The molecule has 3 rings (SSSR count). The number of hydrogen-bond acceptors (Lipinski definition) is 7. The first-order valence-electron chi connectivity index (χ1n) is 10.5. The Hall–Kier alpha value is -1.58. The van der Waals surface area contributed by atoms with E-state index in [9.17, 15) is 14.7 Å². The first-order valence-corrected chi connectivity index (χ1v) is 12.3. The Bertz CT molecular complexity index is 758. The summed E-state index contributed by atoms with van der Waals surface area (Å²) in [4.78, 5) is 28.7. The molecule has 2 fully saturated rings. The fourth-order valence-corrected chi connectivity index (χ4v) is 5.92. The average Bonchev–Trinajstić information content (AvgIpc) is 3.30.